The quantitative estimate of drug-likeness (QED) is 0.766. The van der Waals surface area contributed by atoms with Gasteiger partial charge in [0.15, 0.2) is 0 Å². The van der Waals surface area contributed by atoms with Crippen LogP contribution in [-0.2, 0) is 11.3 Å². The van der Waals surface area contributed by atoms with Gasteiger partial charge in [-0.15, -0.1) is 0 Å². The Labute approximate surface area is 111 Å². The number of hydrogen-bond acceptors (Lipinski definition) is 3. The molecule has 0 saturated heterocycles. The van der Waals surface area contributed by atoms with Crippen LogP contribution in [0, 0.1) is 13.8 Å². The molecule has 0 aliphatic rings. The van der Waals surface area contributed by atoms with Gasteiger partial charge in [0.05, 0.1) is 5.69 Å². The maximum Gasteiger partial charge on any atom is 0.325 e. The van der Waals surface area contributed by atoms with Gasteiger partial charge < -0.3 is 5.11 Å². The number of hydrogen-bond donors (Lipinski definition) is 3. The summed E-state index contributed by atoms with van der Waals surface area (Å²) in [4.78, 5) is 11.3. The number of aliphatic carboxylic acids is 1. The van der Waals surface area contributed by atoms with E-state index in [1.54, 1.807) is 12.1 Å². The van der Waals surface area contributed by atoms with Crippen LogP contribution in [0.5, 0.6) is 0 Å². The molecule has 5 nitrogen and oxygen atoms in total. The maximum absolute atomic E-state index is 11.3. The second-order valence-corrected chi connectivity index (χ2v) is 4.48. The molecule has 5 heteroatoms. The number of benzene rings is 1. The van der Waals surface area contributed by atoms with Crippen LogP contribution in [0.25, 0.3) is 0 Å². The predicted octanol–water partition coefficient (Wildman–Crippen LogP) is 1.94. The fourth-order valence-corrected chi connectivity index (χ4v) is 2.03. The van der Waals surface area contributed by atoms with Crippen LogP contribution in [-0.4, -0.2) is 21.3 Å². The molecule has 0 amide bonds. The Balaban J connectivity index is 2.13. The fraction of sp³-hybridized carbons (Fsp3) is 0.286. The van der Waals surface area contributed by atoms with E-state index in [-0.39, 0.29) is 0 Å². The topological polar surface area (TPSA) is 78.0 Å². The van der Waals surface area contributed by atoms with E-state index < -0.39 is 12.0 Å². The van der Waals surface area contributed by atoms with E-state index in [9.17, 15) is 9.90 Å². The third-order valence-corrected chi connectivity index (χ3v) is 3.14. The summed E-state index contributed by atoms with van der Waals surface area (Å²) in [5, 5.41) is 19.4. The minimum atomic E-state index is -0.884. The molecule has 0 bridgehead atoms. The van der Waals surface area contributed by atoms with E-state index in [4.69, 9.17) is 0 Å². The summed E-state index contributed by atoms with van der Waals surface area (Å²) in [6, 6.07) is 8.44. The number of carbonyl (C=O) groups is 1. The highest BCUT2D eigenvalue weighted by atomic mass is 16.4. The highest BCUT2D eigenvalue weighted by Crippen LogP contribution is 2.15. The first-order valence-electron chi connectivity index (χ1n) is 6.11. The molecule has 19 heavy (non-hydrogen) atoms. The van der Waals surface area contributed by atoms with Crippen molar-refractivity contribution in [3.8, 4) is 0 Å². The lowest BCUT2D eigenvalue weighted by molar-refractivity contribution is -0.139. The average molecular weight is 259 g/mol. The van der Waals surface area contributed by atoms with Gasteiger partial charge in [-0.25, -0.2) is 0 Å². The summed E-state index contributed by atoms with van der Waals surface area (Å²) in [6.07, 6.45) is 0. The normalized spacial score (nSPS) is 12.3. The Morgan fingerprint density at radius 2 is 2.05 bits per heavy atom. The summed E-state index contributed by atoms with van der Waals surface area (Å²) in [7, 11) is 0. The lowest BCUT2D eigenvalue weighted by Gasteiger charge is -2.15. The van der Waals surface area contributed by atoms with Gasteiger partial charge in [0.1, 0.15) is 6.04 Å². The van der Waals surface area contributed by atoms with Gasteiger partial charge in [-0.3, -0.25) is 15.2 Å². The van der Waals surface area contributed by atoms with Crippen LogP contribution in [0.3, 0.4) is 0 Å². The van der Waals surface area contributed by atoms with Gasteiger partial charge in [-0.2, -0.15) is 5.10 Å². The van der Waals surface area contributed by atoms with Gasteiger partial charge in [0, 0.05) is 17.8 Å². The van der Waals surface area contributed by atoms with Crippen LogP contribution in [0.4, 0.5) is 0 Å². The predicted molar refractivity (Wildman–Crippen MR) is 71.7 cm³/mol. The lowest BCUT2D eigenvalue weighted by atomic mass is 10.1. The van der Waals surface area contributed by atoms with Crippen molar-refractivity contribution in [1.82, 2.24) is 15.5 Å². The second-order valence-electron chi connectivity index (χ2n) is 4.48. The smallest absolute Gasteiger partial charge is 0.325 e. The van der Waals surface area contributed by atoms with E-state index in [0.717, 1.165) is 22.5 Å². The summed E-state index contributed by atoms with van der Waals surface area (Å²) < 4.78 is 0. The standard InChI is InChI=1S/C14H17N3O2/c1-9-12(10(2)17-16-9)8-15-13(14(18)19)11-6-4-3-5-7-11/h3-7,13,15H,8H2,1-2H3,(H,16,17)(H,18,19). The molecule has 2 rings (SSSR count). The molecule has 0 aliphatic heterocycles. The third kappa shape index (κ3) is 3.00. The Kier molecular flexibility index (Phi) is 3.97. The van der Waals surface area contributed by atoms with E-state index in [0.29, 0.717) is 6.54 Å². The zero-order valence-electron chi connectivity index (χ0n) is 11.0. The van der Waals surface area contributed by atoms with Gasteiger partial charge in [0.25, 0.3) is 0 Å². The molecular formula is C14H17N3O2. The summed E-state index contributed by atoms with van der Waals surface area (Å²) in [5.74, 6) is -0.884. The van der Waals surface area contributed by atoms with Gasteiger partial charge >= 0.3 is 5.97 Å². The highest BCUT2D eigenvalue weighted by Gasteiger charge is 2.19. The zero-order chi connectivity index (χ0) is 13.8. The van der Waals surface area contributed by atoms with Gasteiger partial charge in [-0.1, -0.05) is 30.3 Å². The van der Waals surface area contributed by atoms with E-state index >= 15 is 0 Å². The molecule has 1 unspecified atom stereocenters. The minimum Gasteiger partial charge on any atom is -0.480 e. The average Bonchev–Trinajstić information content (AvgIpc) is 2.71. The van der Waals surface area contributed by atoms with Crippen molar-refractivity contribution in [3.63, 3.8) is 0 Å². The van der Waals surface area contributed by atoms with Crippen molar-refractivity contribution in [3.05, 3.63) is 52.8 Å². The van der Waals surface area contributed by atoms with Gasteiger partial charge in [0.2, 0.25) is 0 Å². The van der Waals surface area contributed by atoms with E-state index in [1.807, 2.05) is 32.0 Å². The number of rotatable bonds is 5. The first-order valence-corrected chi connectivity index (χ1v) is 6.11. The molecule has 1 aromatic heterocycles. The van der Waals surface area contributed by atoms with Crippen LogP contribution >= 0.6 is 0 Å². The molecule has 0 spiro atoms. The first-order chi connectivity index (χ1) is 9.09. The van der Waals surface area contributed by atoms with Crippen molar-refractivity contribution in [2.24, 2.45) is 0 Å². The third-order valence-electron chi connectivity index (χ3n) is 3.14. The Hall–Kier alpha value is -2.14. The molecule has 0 aliphatic carbocycles. The van der Waals surface area contributed by atoms with Crippen molar-refractivity contribution < 1.29 is 9.90 Å². The molecule has 0 saturated carbocycles. The molecular weight excluding hydrogens is 242 g/mol. The fourth-order valence-electron chi connectivity index (χ4n) is 2.03. The Morgan fingerprint density at radius 3 is 2.58 bits per heavy atom. The number of nitrogens with one attached hydrogen (secondary N) is 2. The number of carboxylic acids is 1. The highest BCUT2D eigenvalue weighted by molar-refractivity contribution is 5.75. The number of aromatic amines is 1. The number of nitrogens with zero attached hydrogens (tertiary/aromatic N) is 1. The minimum absolute atomic E-state index is 0.472. The molecule has 3 N–H and O–H groups in total. The van der Waals surface area contributed by atoms with Crippen molar-refractivity contribution >= 4 is 5.97 Å². The van der Waals surface area contributed by atoms with E-state index in [1.165, 1.54) is 0 Å². The van der Waals surface area contributed by atoms with Crippen LogP contribution in [0.2, 0.25) is 0 Å². The van der Waals surface area contributed by atoms with Crippen LogP contribution < -0.4 is 5.32 Å². The van der Waals surface area contributed by atoms with Crippen LogP contribution in [0.15, 0.2) is 30.3 Å². The molecule has 0 radical (unpaired) electrons. The van der Waals surface area contributed by atoms with Crippen molar-refractivity contribution in [1.29, 1.82) is 0 Å². The molecule has 100 valence electrons. The molecule has 1 heterocycles. The van der Waals surface area contributed by atoms with Crippen molar-refractivity contribution in [2.75, 3.05) is 0 Å². The monoisotopic (exact) mass is 259 g/mol. The summed E-state index contributed by atoms with van der Waals surface area (Å²) in [6.45, 7) is 4.30. The van der Waals surface area contributed by atoms with Gasteiger partial charge in [-0.05, 0) is 19.4 Å². The first kappa shape index (κ1) is 13.3. The van der Waals surface area contributed by atoms with Crippen LogP contribution in [0.1, 0.15) is 28.6 Å². The number of H-pyrrole nitrogens is 1. The number of aromatic nitrogens is 2. The maximum atomic E-state index is 11.3. The summed E-state index contributed by atoms with van der Waals surface area (Å²) in [5.41, 5.74) is 3.61. The number of aryl methyl sites for hydroxylation is 2. The second kappa shape index (κ2) is 5.67. The summed E-state index contributed by atoms with van der Waals surface area (Å²) >= 11 is 0. The Bertz CT molecular complexity index is 544. The largest absolute Gasteiger partial charge is 0.480 e. The SMILES string of the molecule is Cc1n[nH]c(C)c1CNC(C(=O)O)c1ccccc1. The molecule has 2 aromatic rings. The lowest BCUT2D eigenvalue weighted by Crippen LogP contribution is -2.28. The Morgan fingerprint density at radius 1 is 1.37 bits per heavy atom. The molecule has 0 fully saturated rings. The zero-order valence-corrected chi connectivity index (χ0v) is 11.0. The number of carboxylic acid groups (broad SMARTS) is 1. The van der Waals surface area contributed by atoms with Crippen molar-refractivity contribution in [2.45, 2.75) is 26.4 Å². The molecule has 1 atom stereocenters. The van der Waals surface area contributed by atoms with E-state index in [2.05, 4.69) is 15.5 Å². The molecule has 1 aromatic carbocycles.